The Hall–Kier alpha value is -4.05. The fraction of sp³-hybridized carbons (Fsp3) is 0.333. The summed E-state index contributed by atoms with van der Waals surface area (Å²) in [6.45, 7) is 6.97. The Morgan fingerprint density at radius 2 is 1.39 bits per heavy atom. The van der Waals surface area contributed by atoms with Gasteiger partial charge < -0.3 is 21.3 Å². The molecule has 0 aromatic heterocycles. The molecule has 38 heavy (non-hydrogen) atoms. The number of carbonyl (C=O) groups is 6. The average Bonchev–Trinajstić information content (AvgIpc) is 2.85. The van der Waals surface area contributed by atoms with Crippen LogP contribution in [0.15, 0.2) is 36.4 Å². The molecule has 0 heterocycles. The molecule has 0 unspecified atom stereocenters. The first-order chi connectivity index (χ1) is 18.0. The van der Waals surface area contributed by atoms with Crippen LogP contribution in [-0.2, 0) is 19.2 Å². The van der Waals surface area contributed by atoms with Gasteiger partial charge in [0, 0.05) is 62.3 Å². The number of rotatable bonds is 12. The van der Waals surface area contributed by atoms with Crippen LogP contribution >= 0.6 is 11.6 Å². The van der Waals surface area contributed by atoms with Crippen molar-refractivity contribution < 1.29 is 28.8 Å². The number of amides is 4. The summed E-state index contributed by atoms with van der Waals surface area (Å²) in [7, 11) is 0. The molecule has 0 bridgehead atoms. The van der Waals surface area contributed by atoms with E-state index >= 15 is 0 Å². The van der Waals surface area contributed by atoms with Crippen molar-refractivity contribution in [3.8, 4) is 0 Å². The summed E-state index contributed by atoms with van der Waals surface area (Å²) in [5.74, 6) is -0.798. The lowest BCUT2D eigenvalue weighted by Crippen LogP contribution is -2.25. The van der Waals surface area contributed by atoms with Crippen LogP contribution in [0.25, 0.3) is 0 Å². The normalized spacial score (nSPS) is 9.82. The molecule has 0 atom stereocenters. The fourth-order valence-electron chi connectivity index (χ4n) is 3.19. The maximum Gasteiger partial charge on any atom is 0.221 e. The number of nitrogens with one attached hydrogen (secondary N) is 4. The van der Waals surface area contributed by atoms with Gasteiger partial charge in [0.15, 0.2) is 11.6 Å². The van der Waals surface area contributed by atoms with E-state index in [1.807, 2.05) is 13.0 Å². The second-order valence-electron chi connectivity index (χ2n) is 8.22. The van der Waals surface area contributed by atoms with E-state index in [9.17, 15) is 28.8 Å². The number of carbonyl (C=O) groups excluding carboxylic acids is 6. The molecule has 0 spiro atoms. The highest BCUT2D eigenvalue weighted by Crippen LogP contribution is 2.22. The predicted octanol–water partition coefficient (Wildman–Crippen LogP) is 3.67. The van der Waals surface area contributed by atoms with Gasteiger partial charge in [-0.25, -0.2) is 0 Å². The van der Waals surface area contributed by atoms with Crippen LogP contribution in [0.4, 0.5) is 11.4 Å². The van der Waals surface area contributed by atoms with Crippen molar-refractivity contribution in [2.45, 2.75) is 47.0 Å². The Balaban J connectivity index is 0.000000380. The van der Waals surface area contributed by atoms with Crippen LogP contribution in [0.5, 0.6) is 0 Å². The zero-order valence-electron chi connectivity index (χ0n) is 21.9. The second-order valence-corrected chi connectivity index (χ2v) is 8.65. The maximum absolute atomic E-state index is 12.1. The highest BCUT2D eigenvalue weighted by Gasteiger charge is 2.13. The molecule has 2 aromatic rings. The molecule has 0 radical (unpaired) electrons. The van der Waals surface area contributed by atoms with Crippen LogP contribution in [0.2, 0.25) is 5.02 Å². The SMILES string of the molecule is CC(=O)NCCC(=O)c1cc(C)ccc1NC(C)=O.CCC(=O)NCCC(=O)c1cc(Cl)ccc1NC=O. The van der Waals surface area contributed by atoms with Crippen molar-refractivity contribution in [2.24, 2.45) is 0 Å². The minimum absolute atomic E-state index is 0.106. The van der Waals surface area contributed by atoms with Gasteiger partial charge in [0.25, 0.3) is 0 Å². The van der Waals surface area contributed by atoms with E-state index in [2.05, 4.69) is 21.3 Å². The van der Waals surface area contributed by atoms with E-state index in [-0.39, 0.29) is 48.7 Å². The number of Topliss-reactive ketones (excluding diaryl/α,β-unsaturated/α-hetero) is 2. The molecular weight excluding hydrogens is 512 g/mol. The molecule has 0 saturated heterocycles. The maximum atomic E-state index is 12.1. The van der Waals surface area contributed by atoms with Crippen molar-refractivity contribution in [1.82, 2.24) is 10.6 Å². The third-order valence-corrected chi connectivity index (χ3v) is 5.24. The molecule has 4 amide bonds. The molecule has 0 aliphatic heterocycles. The molecule has 0 saturated carbocycles. The zero-order chi connectivity index (χ0) is 28.7. The van der Waals surface area contributed by atoms with Gasteiger partial charge in [-0.15, -0.1) is 0 Å². The third kappa shape index (κ3) is 11.8. The highest BCUT2D eigenvalue weighted by molar-refractivity contribution is 6.31. The van der Waals surface area contributed by atoms with Crippen LogP contribution in [0.1, 0.15) is 66.3 Å². The number of anilines is 2. The Morgan fingerprint density at radius 3 is 1.95 bits per heavy atom. The van der Waals surface area contributed by atoms with Crippen molar-refractivity contribution in [2.75, 3.05) is 23.7 Å². The monoisotopic (exact) mass is 544 g/mol. The Labute approximate surface area is 226 Å². The topological polar surface area (TPSA) is 151 Å². The van der Waals surface area contributed by atoms with Crippen LogP contribution in [0, 0.1) is 6.92 Å². The van der Waals surface area contributed by atoms with Crippen molar-refractivity contribution in [3.63, 3.8) is 0 Å². The number of benzene rings is 2. The largest absolute Gasteiger partial charge is 0.356 e. The minimum atomic E-state index is -0.222. The van der Waals surface area contributed by atoms with Gasteiger partial charge in [-0.3, -0.25) is 28.8 Å². The molecule has 0 aliphatic carbocycles. The number of hydrogen-bond acceptors (Lipinski definition) is 6. The standard InChI is InChI=1S/C14H18N2O3.C13H15ClN2O3/c1-9-4-5-13(16-11(3)18)12(8-9)14(19)6-7-15-10(2)17;1-2-13(19)15-6-5-12(18)10-7-9(14)3-4-11(10)16-8-17/h4-5,8H,6-7H2,1-3H3,(H,15,17)(H,16,18);3-4,7-8H,2,5-6H2,1H3,(H,15,19)(H,16,17). The molecule has 204 valence electrons. The number of ketones is 2. The molecule has 11 heteroatoms. The van der Waals surface area contributed by atoms with E-state index in [1.54, 1.807) is 31.2 Å². The summed E-state index contributed by atoms with van der Waals surface area (Å²) >= 11 is 5.83. The van der Waals surface area contributed by atoms with Gasteiger partial charge >= 0.3 is 0 Å². The van der Waals surface area contributed by atoms with Gasteiger partial charge in [-0.2, -0.15) is 0 Å². The quantitative estimate of drug-likeness (QED) is 0.236. The smallest absolute Gasteiger partial charge is 0.221 e. The molecule has 2 aromatic carbocycles. The van der Waals surface area contributed by atoms with Gasteiger partial charge in [-0.1, -0.05) is 30.2 Å². The summed E-state index contributed by atoms with van der Waals surface area (Å²) in [5.41, 5.74) is 2.67. The Bertz CT molecular complexity index is 1180. The lowest BCUT2D eigenvalue weighted by Gasteiger charge is -2.10. The molecule has 0 aliphatic rings. The predicted molar refractivity (Wildman–Crippen MR) is 147 cm³/mol. The average molecular weight is 545 g/mol. The van der Waals surface area contributed by atoms with Crippen LogP contribution in [0.3, 0.4) is 0 Å². The molecule has 4 N–H and O–H groups in total. The first kappa shape index (κ1) is 32.0. The first-order valence-electron chi connectivity index (χ1n) is 11.9. The fourth-order valence-corrected chi connectivity index (χ4v) is 3.36. The highest BCUT2D eigenvalue weighted by atomic mass is 35.5. The van der Waals surface area contributed by atoms with Crippen molar-refractivity contribution in [1.29, 1.82) is 0 Å². The summed E-state index contributed by atoms with van der Waals surface area (Å²) in [6.07, 6.45) is 1.23. The Kier molecular flexibility index (Phi) is 14.0. The molecule has 0 fully saturated rings. The molecule has 10 nitrogen and oxygen atoms in total. The lowest BCUT2D eigenvalue weighted by molar-refractivity contribution is -0.121. The van der Waals surface area contributed by atoms with E-state index < -0.39 is 0 Å². The van der Waals surface area contributed by atoms with Crippen molar-refractivity contribution >= 4 is 58.7 Å². The van der Waals surface area contributed by atoms with Crippen LogP contribution < -0.4 is 21.3 Å². The number of halogens is 1. The van der Waals surface area contributed by atoms with Gasteiger partial charge in [0.2, 0.25) is 24.1 Å². The van der Waals surface area contributed by atoms with Crippen molar-refractivity contribution in [3.05, 3.63) is 58.1 Å². The molecular formula is C27H33ClN4O6. The first-order valence-corrected chi connectivity index (χ1v) is 12.3. The van der Waals surface area contributed by atoms with Gasteiger partial charge in [-0.05, 0) is 37.3 Å². The molecule has 2 rings (SSSR count). The van der Waals surface area contributed by atoms with Gasteiger partial charge in [0.1, 0.15) is 0 Å². The Morgan fingerprint density at radius 1 is 0.816 bits per heavy atom. The summed E-state index contributed by atoms with van der Waals surface area (Å²) in [5, 5.41) is 10.7. The van der Waals surface area contributed by atoms with Gasteiger partial charge in [0.05, 0.1) is 11.4 Å². The zero-order valence-corrected chi connectivity index (χ0v) is 22.7. The summed E-state index contributed by atoms with van der Waals surface area (Å²) in [6, 6.07) is 9.93. The van der Waals surface area contributed by atoms with E-state index in [0.29, 0.717) is 46.9 Å². The van der Waals surface area contributed by atoms with E-state index in [4.69, 9.17) is 11.6 Å². The third-order valence-electron chi connectivity index (χ3n) is 5.00. The lowest BCUT2D eigenvalue weighted by atomic mass is 10.0. The second kappa shape index (κ2) is 16.6. The van der Waals surface area contributed by atoms with E-state index in [0.717, 1.165) is 5.56 Å². The van der Waals surface area contributed by atoms with E-state index in [1.165, 1.54) is 19.9 Å². The summed E-state index contributed by atoms with van der Waals surface area (Å²) < 4.78 is 0. The minimum Gasteiger partial charge on any atom is -0.356 e. The number of hydrogen-bond donors (Lipinski definition) is 4. The van der Waals surface area contributed by atoms with Crippen LogP contribution in [-0.4, -0.2) is 48.8 Å². The number of aryl methyl sites for hydroxylation is 1. The summed E-state index contributed by atoms with van der Waals surface area (Å²) in [4.78, 5) is 67.4.